The summed E-state index contributed by atoms with van der Waals surface area (Å²) in [5, 5.41) is 12.1. The van der Waals surface area contributed by atoms with Crippen LogP contribution in [-0.2, 0) is 9.53 Å². The highest BCUT2D eigenvalue weighted by Crippen LogP contribution is 2.27. The maximum Gasteiger partial charge on any atom is 0.323 e. The smallest absolute Gasteiger partial charge is 0.323 e. The van der Waals surface area contributed by atoms with Gasteiger partial charge in [0, 0.05) is 12.6 Å². The van der Waals surface area contributed by atoms with Crippen molar-refractivity contribution < 1.29 is 14.6 Å². The van der Waals surface area contributed by atoms with Gasteiger partial charge < -0.3 is 9.84 Å². The lowest BCUT2D eigenvalue weighted by atomic mass is 9.81. The standard InChI is InChI=1S/C12H25NO3/c1-11(2,3)8-12(4,5)13-9(7-16-6)10(14)15/h9,13H,7-8H2,1-6H3,(H,14,15). The van der Waals surface area contributed by atoms with Gasteiger partial charge in [-0.1, -0.05) is 20.8 Å². The Hall–Kier alpha value is -0.610. The number of rotatable bonds is 6. The molecule has 4 heteroatoms. The van der Waals surface area contributed by atoms with Crippen LogP contribution in [0.2, 0.25) is 0 Å². The first-order chi connectivity index (χ1) is 7.07. The molecule has 0 spiro atoms. The van der Waals surface area contributed by atoms with Crippen molar-refractivity contribution in [1.29, 1.82) is 0 Å². The maximum atomic E-state index is 11.0. The third-order valence-electron chi connectivity index (χ3n) is 2.17. The Labute approximate surface area is 98.4 Å². The highest BCUT2D eigenvalue weighted by molar-refractivity contribution is 5.73. The molecule has 16 heavy (non-hydrogen) atoms. The van der Waals surface area contributed by atoms with Crippen LogP contribution in [0.4, 0.5) is 0 Å². The van der Waals surface area contributed by atoms with E-state index >= 15 is 0 Å². The molecule has 0 aromatic heterocycles. The van der Waals surface area contributed by atoms with Crippen LogP contribution in [0.25, 0.3) is 0 Å². The molecule has 0 rings (SSSR count). The van der Waals surface area contributed by atoms with Crippen LogP contribution in [0.1, 0.15) is 41.0 Å². The van der Waals surface area contributed by atoms with Crippen molar-refractivity contribution in [3.8, 4) is 0 Å². The number of aliphatic carboxylic acids is 1. The fourth-order valence-corrected chi connectivity index (χ4v) is 2.19. The van der Waals surface area contributed by atoms with Crippen LogP contribution in [0, 0.1) is 5.41 Å². The number of methoxy groups -OCH3 is 1. The predicted molar refractivity (Wildman–Crippen MR) is 64.6 cm³/mol. The second kappa shape index (κ2) is 5.64. The Bertz CT molecular complexity index is 231. The van der Waals surface area contributed by atoms with Crippen molar-refractivity contribution in [3.63, 3.8) is 0 Å². The van der Waals surface area contributed by atoms with E-state index in [1.807, 2.05) is 13.8 Å². The lowest BCUT2D eigenvalue weighted by molar-refractivity contribution is -0.141. The molecule has 1 atom stereocenters. The predicted octanol–water partition coefficient (Wildman–Crippen LogP) is 1.89. The molecule has 2 N–H and O–H groups in total. The zero-order valence-corrected chi connectivity index (χ0v) is 11.3. The Morgan fingerprint density at radius 2 is 1.81 bits per heavy atom. The number of ether oxygens (including phenoxy) is 1. The lowest BCUT2D eigenvalue weighted by Gasteiger charge is -2.35. The molecule has 0 aliphatic rings. The van der Waals surface area contributed by atoms with Gasteiger partial charge in [-0.2, -0.15) is 0 Å². The SMILES string of the molecule is COCC(NC(C)(C)CC(C)(C)C)C(=O)O. The molecule has 1 unspecified atom stereocenters. The Morgan fingerprint density at radius 3 is 2.12 bits per heavy atom. The number of hydrogen-bond acceptors (Lipinski definition) is 3. The van der Waals surface area contributed by atoms with Gasteiger partial charge in [0.1, 0.15) is 6.04 Å². The fourth-order valence-electron chi connectivity index (χ4n) is 2.19. The minimum Gasteiger partial charge on any atom is -0.480 e. The molecular formula is C12H25NO3. The first-order valence-electron chi connectivity index (χ1n) is 5.57. The van der Waals surface area contributed by atoms with E-state index in [9.17, 15) is 4.79 Å². The van der Waals surface area contributed by atoms with E-state index in [0.29, 0.717) is 0 Å². The van der Waals surface area contributed by atoms with Crippen molar-refractivity contribution in [1.82, 2.24) is 5.32 Å². The van der Waals surface area contributed by atoms with Crippen LogP contribution in [0.3, 0.4) is 0 Å². The van der Waals surface area contributed by atoms with E-state index in [1.165, 1.54) is 7.11 Å². The molecule has 0 heterocycles. The first-order valence-corrected chi connectivity index (χ1v) is 5.57. The van der Waals surface area contributed by atoms with Gasteiger partial charge in [-0.3, -0.25) is 10.1 Å². The largest absolute Gasteiger partial charge is 0.480 e. The average molecular weight is 231 g/mol. The minimum absolute atomic E-state index is 0.159. The highest BCUT2D eigenvalue weighted by Gasteiger charge is 2.30. The molecule has 4 nitrogen and oxygen atoms in total. The Kier molecular flexibility index (Phi) is 5.42. The molecule has 0 radical (unpaired) electrons. The molecule has 0 amide bonds. The second-order valence-electron chi connectivity index (χ2n) is 6.11. The van der Waals surface area contributed by atoms with E-state index in [1.54, 1.807) is 0 Å². The number of nitrogens with one attached hydrogen (secondary N) is 1. The summed E-state index contributed by atoms with van der Waals surface area (Å²) in [5.74, 6) is -0.871. The quantitative estimate of drug-likeness (QED) is 0.733. The lowest BCUT2D eigenvalue weighted by Crippen LogP contribution is -2.52. The van der Waals surface area contributed by atoms with Crippen LogP contribution < -0.4 is 5.32 Å². The zero-order chi connectivity index (χ0) is 13.0. The molecule has 0 fully saturated rings. The fraction of sp³-hybridized carbons (Fsp3) is 0.917. The van der Waals surface area contributed by atoms with Crippen molar-refractivity contribution in [3.05, 3.63) is 0 Å². The Balaban J connectivity index is 4.47. The molecular weight excluding hydrogens is 206 g/mol. The van der Waals surface area contributed by atoms with E-state index in [2.05, 4.69) is 26.1 Å². The van der Waals surface area contributed by atoms with Crippen molar-refractivity contribution in [2.75, 3.05) is 13.7 Å². The number of carbonyl (C=O) groups is 1. The monoisotopic (exact) mass is 231 g/mol. The van der Waals surface area contributed by atoms with Gasteiger partial charge in [-0.05, 0) is 25.7 Å². The van der Waals surface area contributed by atoms with Gasteiger partial charge in [-0.25, -0.2) is 0 Å². The van der Waals surface area contributed by atoms with E-state index < -0.39 is 12.0 Å². The van der Waals surface area contributed by atoms with E-state index in [0.717, 1.165) is 6.42 Å². The molecule has 0 saturated heterocycles. The molecule has 0 saturated carbocycles. The van der Waals surface area contributed by atoms with Crippen LogP contribution >= 0.6 is 0 Å². The van der Waals surface area contributed by atoms with Gasteiger partial charge in [0.15, 0.2) is 0 Å². The summed E-state index contributed by atoms with van der Waals surface area (Å²) in [6, 6.07) is -0.651. The normalized spacial score (nSPS) is 14.9. The van der Waals surface area contributed by atoms with Gasteiger partial charge in [0.05, 0.1) is 6.61 Å². The first kappa shape index (κ1) is 15.4. The number of hydrogen-bond donors (Lipinski definition) is 2. The molecule has 0 bridgehead atoms. The molecule has 0 aliphatic heterocycles. The average Bonchev–Trinajstić information content (AvgIpc) is 1.97. The summed E-state index contributed by atoms with van der Waals surface area (Å²) >= 11 is 0. The topological polar surface area (TPSA) is 58.6 Å². The van der Waals surface area contributed by atoms with Gasteiger partial charge >= 0.3 is 5.97 Å². The number of carboxylic acids is 1. The van der Waals surface area contributed by atoms with Gasteiger partial charge in [0.2, 0.25) is 0 Å². The van der Waals surface area contributed by atoms with Gasteiger partial charge in [0.25, 0.3) is 0 Å². The van der Waals surface area contributed by atoms with E-state index in [-0.39, 0.29) is 17.6 Å². The maximum absolute atomic E-state index is 11.0. The van der Waals surface area contributed by atoms with Crippen molar-refractivity contribution in [2.45, 2.75) is 52.6 Å². The summed E-state index contributed by atoms with van der Waals surface area (Å²) in [7, 11) is 1.51. The Morgan fingerprint density at radius 1 is 1.31 bits per heavy atom. The summed E-state index contributed by atoms with van der Waals surface area (Å²) < 4.78 is 4.90. The third kappa shape index (κ3) is 6.80. The third-order valence-corrected chi connectivity index (χ3v) is 2.17. The van der Waals surface area contributed by atoms with E-state index in [4.69, 9.17) is 9.84 Å². The van der Waals surface area contributed by atoms with Crippen LogP contribution in [0.15, 0.2) is 0 Å². The number of carboxylic acid groups (broad SMARTS) is 1. The van der Waals surface area contributed by atoms with Crippen molar-refractivity contribution in [2.24, 2.45) is 5.41 Å². The van der Waals surface area contributed by atoms with Crippen molar-refractivity contribution >= 4 is 5.97 Å². The van der Waals surface area contributed by atoms with Crippen LogP contribution in [-0.4, -0.2) is 36.4 Å². The van der Waals surface area contributed by atoms with Crippen LogP contribution in [0.5, 0.6) is 0 Å². The molecule has 96 valence electrons. The molecule has 0 aliphatic carbocycles. The molecule has 0 aromatic carbocycles. The summed E-state index contributed by atoms with van der Waals surface area (Å²) in [6.07, 6.45) is 0.896. The highest BCUT2D eigenvalue weighted by atomic mass is 16.5. The summed E-state index contributed by atoms with van der Waals surface area (Å²) in [4.78, 5) is 11.0. The second-order valence-corrected chi connectivity index (χ2v) is 6.11. The summed E-state index contributed by atoms with van der Waals surface area (Å²) in [5.41, 5.74) is -0.0630. The molecule has 0 aromatic rings. The van der Waals surface area contributed by atoms with Gasteiger partial charge in [-0.15, -0.1) is 0 Å². The summed E-state index contributed by atoms with van der Waals surface area (Å²) in [6.45, 7) is 10.6. The zero-order valence-electron chi connectivity index (χ0n) is 11.3. The minimum atomic E-state index is -0.871.